The molecule has 2 aromatic rings. The number of hydrogen-bond donors (Lipinski definition) is 1. The second-order valence-corrected chi connectivity index (χ2v) is 5.63. The van der Waals surface area contributed by atoms with E-state index < -0.39 is 12.0 Å². The van der Waals surface area contributed by atoms with Crippen LogP contribution in [-0.4, -0.2) is 52.7 Å². The van der Waals surface area contributed by atoms with Gasteiger partial charge in [0.2, 0.25) is 5.88 Å². The summed E-state index contributed by atoms with van der Waals surface area (Å²) in [5, 5.41) is 8.99. The van der Waals surface area contributed by atoms with Crippen LogP contribution in [-0.2, 0) is 9.53 Å². The van der Waals surface area contributed by atoms with Crippen molar-refractivity contribution < 1.29 is 24.2 Å². The van der Waals surface area contributed by atoms with E-state index in [1.807, 2.05) is 30.3 Å². The third kappa shape index (κ3) is 4.33. The van der Waals surface area contributed by atoms with E-state index in [1.165, 1.54) is 11.1 Å². The third-order valence-corrected chi connectivity index (χ3v) is 3.85. The molecule has 0 radical (unpaired) electrons. The Morgan fingerprint density at radius 2 is 2.04 bits per heavy atom. The quantitative estimate of drug-likeness (QED) is 0.896. The Labute approximate surface area is 144 Å². The molecule has 1 N–H and O–H groups in total. The van der Waals surface area contributed by atoms with E-state index in [-0.39, 0.29) is 18.9 Å². The number of para-hydroxylation sites is 1. The molecule has 7 heteroatoms. The van der Waals surface area contributed by atoms with Crippen LogP contribution in [0.5, 0.6) is 11.6 Å². The van der Waals surface area contributed by atoms with Crippen LogP contribution in [0.1, 0.15) is 16.8 Å². The zero-order chi connectivity index (χ0) is 17.6. The predicted molar refractivity (Wildman–Crippen MR) is 88.6 cm³/mol. The molecule has 25 heavy (non-hydrogen) atoms. The van der Waals surface area contributed by atoms with Gasteiger partial charge >= 0.3 is 5.97 Å². The van der Waals surface area contributed by atoms with Crippen LogP contribution in [0.25, 0.3) is 0 Å². The summed E-state index contributed by atoms with van der Waals surface area (Å²) in [7, 11) is 0. The van der Waals surface area contributed by atoms with Gasteiger partial charge in [-0.1, -0.05) is 18.2 Å². The number of carboxylic acids is 1. The van der Waals surface area contributed by atoms with Gasteiger partial charge < -0.3 is 19.5 Å². The highest BCUT2D eigenvalue weighted by atomic mass is 16.5. The average molecular weight is 342 g/mol. The standard InChI is InChI=1S/C18H18N2O5/c21-17(22)10-14-12-24-9-8-20(14)18(23)13-6-7-16(19-11-13)25-15-4-2-1-3-5-15/h1-7,11,14H,8-10,12H2,(H,21,22). The molecule has 1 aliphatic heterocycles. The van der Waals surface area contributed by atoms with E-state index in [9.17, 15) is 9.59 Å². The number of ether oxygens (including phenoxy) is 2. The molecule has 1 aliphatic rings. The molecular weight excluding hydrogens is 324 g/mol. The summed E-state index contributed by atoms with van der Waals surface area (Å²) in [6, 6.07) is 12.0. The van der Waals surface area contributed by atoms with Gasteiger partial charge in [-0.05, 0) is 18.2 Å². The number of rotatable bonds is 5. The van der Waals surface area contributed by atoms with Gasteiger partial charge in [0.05, 0.1) is 31.2 Å². The lowest BCUT2D eigenvalue weighted by Crippen LogP contribution is -2.49. The molecule has 0 aliphatic carbocycles. The predicted octanol–water partition coefficient (Wildman–Crippen LogP) is 2.19. The van der Waals surface area contributed by atoms with Crippen LogP contribution in [0.2, 0.25) is 0 Å². The Bertz CT molecular complexity index is 733. The molecule has 2 heterocycles. The molecule has 1 saturated heterocycles. The van der Waals surface area contributed by atoms with E-state index in [1.54, 1.807) is 12.1 Å². The summed E-state index contributed by atoms with van der Waals surface area (Å²) >= 11 is 0. The van der Waals surface area contributed by atoms with E-state index in [2.05, 4.69) is 4.98 Å². The largest absolute Gasteiger partial charge is 0.481 e. The Morgan fingerprint density at radius 3 is 2.72 bits per heavy atom. The fourth-order valence-electron chi connectivity index (χ4n) is 2.64. The highest BCUT2D eigenvalue weighted by Crippen LogP contribution is 2.20. The second-order valence-electron chi connectivity index (χ2n) is 5.63. The van der Waals surface area contributed by atoms with E-state index >= 15 is 0 Å². The van der Waals surface area contributed by atoms with E-state index in [0.717, 1.165) is 0 Å². The molecule has 0 spiro atoms. The zero-order valence-corrected chi connectivity index (χ0v) is 13.5. The monoisotopic (exact) mass is 342 g/mol. The highest BCUT2D eigenvalue weighted by molar-refractivity contribution is 5.94. The first-order valence-corrected chi connectivity index (χ1v) is 7.93. The van der Waals surface area contributed by atoms with Gasteiger partial charge in [-0.3, -0.25) is 9.59 Å². The van der Waals surface area contributed by atoms with Crippen molar-refractivity contribution in [2.24, 2.45) is 0 Å². The molecule has 1 atom stereocenters. The molecule has 1 fully saturated rings. The first-order valence-electron chi connectivity index (χ1n) is 7.93. The number of carboxylic acid groups (broad SMARTS) is 1. The number of aromatic nitrogens is 1. The summed E-state index contributed by atoms with van der Waals surface area (Å²) in [6.45, 7) is 0.976. The minimum absolute atomic E-state index is 0.144. The number of carbonyl (C=O) groups excluding carboxylic acids is 1. The Balaban J connectivity index is 1.70. The molecule has 0 bridgehead atoms. The van der Waals surface area contributed by atoms with Crippen molar-refractivity contribution in [3.63, 3.8) is 0 Å². The van der Waals surface area contributed by atoms with Crippen molar-refractivity contribution >= 4 is 11.9 Å². The van der Waals surface area contributed by atoms with Crippen molar-refractivity contribution in [3.05, 3.63) is 54.2 Å². The van der Waals surface area contributed by atoms with E-state index in [0.29, 0.717) is 30.3 Å². The molecule has 1 unspecified atom stereocenters. The first kappa shape index (κ1) is 16.9. The third-order valence-electron chi connectivity index (χ3n) is 3.85. The zero-order valence-electron chi connectivity index (χ0n) is 13.5. The van der Waals surface area contributed by atoms with Crippen LogP contribution in [0.4, 0.5) is 0 Å². The van der Waals surface area contributed by atoms with Crippen molar-refractivity contribution in [2.45, 2.75) is 12.5 Å². The number of hydrogen-bond acceptors (Lipinski definition) is 5. The van der Waals surface area contributed by atoms with Gasteiger partial charge in [0, 0.05) is 18.8 Å². The fourth-order valence-corrected chi connectivity index (χ4v) is 2.64. The first-order chi connectivity index (χ1) is 12.1. The van der Waals surface area contributed by atoms with Crippen molar-refractivity contribution in [2.75, 3.05) is 19.8 Å². The van der Waals surface area contributed by atoms with Crippen LogP contribution in [0, 0.1) is 0 Å². The lowest BCUT2D eigenvalue weighted by Gasteiger charge is -2.34. The Kier molecular flexibility index (Phi) is 5.25. The molecular formula is C18H18N2O5. The fraction of sp³-hybridized carbons (Fsp3) is 0.278. The lowest BCUT2D eigenvalue weighted by molar-refractivity contribution is -0.139. The van der Waals surface area contributed by atoms with Gasteiger partial charge in [0.15, 0.2) is 0 Å². The minimum atomic E-state index is -0.960. The summed E-state index contributed by atoms with van der Waals surface area (Å²) in [6.07, 6.45) is 1.29. The van der Waals surface area contributed by atoms with Crippen molar-refractivity contribution in [1.82, 2.24) is 9.88 Å². The minimum Gasteiger partial charge on any atom is -0.481 e. The maximum atomic E-state index is 12.7. The summed E-state index contributed by atoms with van der Waals surface area (Å²) < 4.78 is 10.9. The summed E-state index contributed by atoms with van der Waals surface area (Å²) in [5.41, 5.74) is 0.387. The van der Waals surface area contributed by atoms with Gasteiger partial charge in [0.25, 0.3) is 5.91 Å². The maximum absolute atomic E-state index is 12.7. The lowest BCUT2D eigenvalue weighted by atomic mass is 10.1. The topological polar surface area (TPSA) is 89.0 Å². The number of aliphatic carboxylic acids is 1. The van der Waals surface area contributed by atoms with E-state index in [4.69, 9.17) is 14.6 Å². The maximum Gasteiger partial charge on any atom is 0.305 e. The average Bonchev–Trinajstić information content (AvgIpc) is 2.63. The van der Waals surface area contributed by atoms with Crippen molar-refractivity contribution in [3.8, 4) is 11.6 Å². The molecule has 7 nitrogen and oxygen atoms in total. The second kappa shape index (κ2) is 7.76. The number of benzene rings is 1. The molecule has 130 valence electrons. The Morgan fingerprint density at radius 1 is 1.24 bits per heavy atom. The number of morpholine rings is 1. The van der Waals surface area contributed by atoms with Gasteiger partial charge in [-0.15, -0.1) is 0 Å². The van der Waals surface area contributed by atoms with Gasteiger partial charge in [-0.2, -0.15) is 0 Å². The number of nitrogens with zero attached hydrogens (tertiary/aromatic N) is 2. The van der Waals surface area contributed by atoms with Crippen molar-refractivity contribution in [1.29, 1.82) is 0 Å². The molecule has 3 rings (SSSR count). The molecule has 0 saturated carbocycles. The highest BCUT2D eigenvalue weighted by Gasteiger charge is 2.29. The van der Waals surface area contributed by atoms with Gasteiger partial charge in [0.1, 0.15) is 5.75 Å². The normalized spacial score (nSPS) is 17.1. The number of pyridine rings is 1. The number of amides is 1. The molecule has 1 aromatic carbocycles. The SMILES string of the molecule is O=C(O)CC1COCCN1C(=O)c1ccc(Oc2ccccc2)nc1. The molecule has 1 amide bonds. The Hall–Kier alpha value is -2.93. The van der Waals surface area contributed by atoms with Crippen LogP contribution < -0.4 is 4.74 Å². The molecule has 1 aromatic heterocycles. The number of carbonyl (C=O) groups is 2. The van der Waals surface area contributed by atoms with Crippen LogP contribution in [0.3, 0.4) is 0 Å². The van der Waals surface area contributed by atoms with Crippen LogP contribution >= 0.6 is 0 Å². The summed E-state index contributed by atoms with van der Waals surface area (Å²) in [5.74, 6) is -0.179. The smallest absolute Gasteiger partial charge is 0.305 e. The van der Waals surface area contributed by atoms with Gasteiger partial charge in [-0.25, -0.2) is 4.98 Å². The summed E-state index contributed by atoms with van der Waals surface area (Å²) in [4.78, 5) is 29.3. The van der Waals surface area contributed by atoms with Crippen LogP contribution in [0.15, 0.2) is 48.7 Å².